The molecule has 0 saturated heterocycles. The first-order valence-corrected chi connectivity index (χ1v) is 10.3. The fourth-order valence-electron chi connectivity index (χ4n) is 3.60. The summed E-state index contributed by atoms with van der Waals surface area (Å²) in [7, 11) is 0. The molecule has 0 fully saturated rings. The summed E-state index contributed by atoms with van der Waals surface area (Å²) in [5, 5.41) is 0. The third-order valence-electron chi connectivity index (χ3n) is 4.92. The van der Waals surface area contributed by atoms with Crippen LogP contribution in [0, 0.1) is 13.8 Å². The molecule has 27 heavy (non-hydrogen) atoms. The Labute approximate surface area is 166 Å². The molecule has 2 heteroatoms. The van der Waals surface area contributed by atoms with Crippen molar-refractivity contribution in [2.45, 2.75) is 31.6 Å². The van der Waals surface area contributed by atoms with E-state index < -0.39 is 0 Å². The standard InChI is InChI=1S/C25H24OS/c1-4-26-24-23(19-13-10-17(2)11-14-19)21-16-18(3)12-15-22(21)27-25(24)20-8-6-5-7-9-20/h5-16,23H,4H2,1-3H3. The molecule has 0 spiro atoms. The molecule has 136 valence electrons. The Morgan fingerprint density at radius 2 is 1.56 bits per heavy atom. The first-order chi connectivity index (χ1) is 13.2. The summed E-state index contributed by atoms with van der Waals surface area (Å²) in [5.41, 5.74) is 6.40. The van der Waals surface area contributed by atoms with Crippen molar-refractivity contribution in [1.82, 2.24) is 0 Å². The number of allylic oxidation sites excluding steroid dienone is 1. The molecule has 1 nitrogen and oxygen atoms in total. The Morgan fingerprint density at radius 3 is 2.26 bits per heavy atom. The van der Waals surface area contributed by atoms with Crippen LogP contribution in [0.4, 0.5) is 0 Å². The third kappa shape index (κ3) is 3.54. The van der Waals surface area contributed by atoms with Gasteiger partial charge in [-0.15, -0.1) is 0 Å². The van der Waals surface area contributed by atoms with Crippen LogP contribution in [0.2, 0.25) is 0 Å². The van der Waals surface area contributed by atoms with E-state index in [1.54, 1.807) is 0 Å². The van der Waals surface area contributed by atoms with Crippen molar-refractivity contribution in [2.24, 2.45) is 0 Å². The third-order valence-corrected chi connectivity index (χ3v) is 6.15. The van der Waals surface area contributed by atoms with Gasteiger partial charge >= 0.3 is 0 Å². The van der Waals surface area contributed by atoms with Gasteiger partial charge in [0.1, 0.15) is 5.76 Å². The van der Waals surface area contributed by atoms with Crippen molar-refractivity contribution in [3.05, 3.63) is 106 Å². The van der Waals surface area contributed by atoms with Gasteiger partial charge in [-0.05, 0) is 43.5 Å². The average molecular weight is 373 g/mol. The Morgan fingerprint density at radius 1 is 0.852 bits per heavy atom. The largest absolute Gasteiger partial charge is 0.496 e. The van der Waals surface area contributed by atoms with E-state index in [-0.39, 0.29) is 5.92 Å². The zero-order chi connectivity index (χ0) is 18.8. The fourth-order valence-corrected chi connectivity index (χ4v) is 4.79. The van der Waals surface area contributed by atoms with Crippen LogP contribution in [0.5, 0.6) is 0 Å². The molecule has 1 aliphatic rings. The monoisotopic (exact) mass is 372 g/mol. The number of hydrogen-bond acceptors (Lipinski definition) is 2. The van der Waals surface area contributed by atoms with E-state index >= 15 is 0 Å². The molecule has 0 amide bonds. The van der Waals surface area contributed by atoms with E-state index in [1.165, 1.54) is 37.6 Å². The molecule has 0 radical (unpaired) electrons. The van der Waals surface area contributed by atoms with Gasteiger partial charge in [-0.3, -0.25) is 0 Å². The maximum Gasteiger partial charge on any atom is 0.122 e. The van der Waals surface area contributed by atoms with Crippen LogP contribution in [0.15, 0.2) is 83.5 Å². The van der Waals surface area contributed by atoms with Gasteiger partial charge in [0.05, 0.1) is 17.4 Å². The van der Waals surface area contributed by atoms with E-state index in [0.717, 1.165) is 5.76 Å². The second-order valence-electron chi connectivity index (χ2n) is 6.98. The van der Waals surface area contributed by atoms with Crippen LogP contribution in [-0.4, -0.2) is 6.61 Å². The zero-order valence-electron chi connectivity index (χ0n) is 16.0. The molecule has 1 unspecified atom stereocenters. The number of ether oxygens (including phenoxy) is 1. The second-order valence-corrected chi connectivity index (χ2v) is 8.03. The summed E-state index contributed by atoms with van der Waals surface area (Å²) in [4.78, 5) is 2.54. The SMILES string of the molecule is CCOC1=C(c2ccccc2)Sc2ccc(C)cc2C1c1ccc(C)cc1. The number of benzene rings is 3. The van der Waals surface area contributed by atoms with Crippen LogP contribution in [0.1, 0.15) is 40.7 Å². The Bertz CT molecular complexity index is 971. The van der Waals surface area contributed by atoms with Crippen LogP contribution >= 0.6 is 11.8 Å². The highest BCUT2D eigenvalue weighted by molar-refractivity contribution is 8.08. The summed E-state index contributed by atoms with van der Waals surface area (Å²) in [5.74, 6) is 1.19. The average Bonchev–Trinajstić information content (AvgIpc) is 2.69. The van der Waals surface area contributed by atoms with E-state index in [2.05, 4.69) is 93.6 Å². The minimum Gasteiger partial charge on any atom is -0.496 e. The van der Waals surface area contributed by atoms with Crippen LogP contribution in [0.25, 0.3) is 4.91 Å². The van der Waals surface area contributed by atoms with Gasteiger partial charge in [0.15, 0.2) is 0 Å². The van der Waals surface area contributed by atoms with Crippen LogP contribution in [-0.2, 0) is 4.74 Å². The van der Waals surface area contributed by atoms with Gasteiger partial charge in [-0.25, -0.2) is 0 Å². The molecule has 1 atom stereocenters. The quantitative estimate of drug-likeness (QED) is 0.490. The lowest BCUT2D eigenvalue weighted by Gasteiger charge is -2.31. The molecule has 3 aromatic rings. The topological polar surface area (TPSA) is 9.23 Å². The second kappa shape index (κ2) is 7.66. The molecular weight excluding hydrogens is 348 g/mol. The molecule has 4 rings (SSSR count). The van der Waals surface area contributed by atoms with Gasteiger partial charge < -0.3 is 4.74 Å². The number of rotatable bonds is 4. The van der Waals surface area contributed by atoms with Gasteiger partial charge in [-0.2, -0.15) is 0 Å². The Balaban J connectivity index is 1.96. The summed E-state index contributed by atoms with van der Waals surface area (Å²) < 4.78 is 6.30. The lowest BCUT2D eigenvalue weighted by molar-refractivity contribution is 0.217. The van der Waals surface area contributed by atoms with E-state index in [4.69, 9.17) is 4.74 Å². The summed E-state index contributed by atoms with van der Waals surface area (Å²) in [6.45, 7) is 7.02. The molecule has 0 aliphatic carbocycles. The molecule has 0 N–H and O–H groups in total. The zero-order valence-corrected chi connectivity index (χ0v) is 16.8. The van der Waals surface area contributed by atoms with Crippen molar-refractivity contribution in [3.63, 3.8) is 0 Å². The number of thioether (sulfide) groups is 1. The Hall–Kier alpha value is -2.45. The molecule has 0 saturated carbocycles. The molecule has 1 aliphatic heterocycles. The number of aryl methyl sites for hydroxylation is 2. The highest BCUT2D eigenvalue weighted by Gasteiger charge is 2.32. The predicted octanol–water partition coefficient (Wildman–Crippen LogP) is 6.95. The summed E-state index contributed by atoms with van der Waals surface area (Å²) in [6, 6.07) is 26.2. The number of fused-ring (bicyclic) bond motifs is 1. The molecule has 0 bridgehead atoms. The molecule has 1 heterocycles. The molecular formula is C25H24OS. The van der Waals surface area contributed by atoms with E-state index in [9.17, 15) is 0 Å². The maximum absolute atomic E-state index is 6.30. The van der Waals surface area contributed by atoms with Crippen molar-refractivity contribution >= 4 is 16.7 Å². The minimum atomic E-state index is 0.122. The smallest absolute Gasteiger partial charge is 0.122 e. The Kier molecular flexibility index (Phi) is 5.09. The molecule has 0 aromatic heterocycles. The highest BCUT2D eigenvalue weighted by atomic mass is 32.2. The lowest BCUT2D eigenvalue weighted by atomic mass is 9.87. The van der Waals surface area contributed by atoms with Gasteiger partial charge in [0.2, 0.25) is 0 Å². The highest BCUT2D eigenvalue weighted by Crippen LogP contribution is 2.51. The lowest BCUT2D eigenvalue weighted by Crippen LogP contribution is -2.14. The van der Waals surface area contributed by atoms with Gasteiger partial charge in [0.25, 0.3) is 0 Å². The van der Waals surface area contributed by atoms with Crippen molar-refractivity contribution < 1.29 is 4.74 Å². The normalized spacial score (nSPS) is 16.2. The van der Waals surface area contributed by atoms with Crippen LogP contribution in [0.3, 0.4) is 0 Å². The summed E-state index contributed by atoms with van der Waals surface area (Å²) in [6.07, 6.45) is 0. The minimum absolute atomic E-state index is 0.122. The fraction of sp³-hybridized carbons (Fsp3) is 0.200. The van der Waals surface area contributed by atoms with E-state index in [0.29, 0.717) is 6.61 Å². The predicted molar refractivity (Wildman–Crippen MR) is 115 cm³/mol. The van der Waals surface area contributed by atoms with Gasteiger partial charge in [-0.1, -0.05) is 89.6 Å². The number of hydrogen-bond donors (Lipinski definition) is 0. The summed E-state index contributed by atoms with van der Waals surface area (Å²) >= 11 is 1.82. The van der Waals surface area contributed by atoms with Crippen molar-refractivity contribution in [3.8, 4) is 0 Å². The van der Waals surface area contributed by atoms with Crippen LogP contribution < -0.4 is 0 Å². The van der Waals surface area contributed by atoms with Crippen molar-refractivity contribution in [2.75, 3.05) is 6.61 Å². The first kappa shape index (κ1) is 17.9. The maximum atomic E-state index is 6.30. The molecule has 3 aromatic carbocycles. The van der Waals surface area contributed by atoms with Gasteiger partial charge in [0, 0.05) is 4.90 Å². The first-order valence-electron chi connectivity index (χ1n) is 9.44. The van der Waals surface area contributed by atoms with Crippen molar-refractivity contribution in [1.29, 1.82) is 0 Å². The van der Waals surface area contributed by atoms with E-state index in [1.807, 2.05) is 11.8 Å².